The molecule has 0 saturated heterocycles. The van der Waals surface area contributed by atoms with E-state index in [0.717, 1.165) is 10.3 Å². The van der Waals surface area contributed by atoms with Crippen LogP contribution in [0.25, 0.3) is 10.2 Å². The number of rotatable bonds is 4. The van der Waals surface area contributed by atoms with Crippen LogP contribution in [0.1, 0.15) is 21.5 Å². The number of carbonyl (C=O) groups excluding carboxylic acids is 1. The van der Waals surface area contributed by atoms with Gasteiger partial charge in [0, 0.05) is 23.7 Å². The van der Waals surface area contributed by atoms with Crippen LogP contribution >= 0.6 is 34.5 Å². The zero-order chi connectivity index (χ0) is 23.2. The largest absolute Gasteiger partial charge is 0.298 e. The summed E-state index contributed by atoms with van der Waals surface area (Å²) in [6.45, 7) is 0.761. The van der Waals surface area contributed by atoms with Crippen molar-refractivity contribution < 1.29 is 13.2 Å². The first-order chi connectivity index (χ1) is 15.8. The summed E-state index contributed by atoms with van der Waals surface area (Å²) in [7, 11) is -3.67. The quantitative estimate of drug-likeness (QED) is 0.381. The first-order valence-electron chi connectivity index (χ1n) is 10.1. The van der Waals surface area contributed by atoms with Gasteiger partial charge >= 0.3 is 0 Å². The lowest BCUT2D eigenvalue weighted by Crippen LogP contribution is -2.35. The number of hydrogen-bond donors (Lipinski definition) is 1. The Labute approximate surface area is 204 Å². The summed E-state index contributed by atoms with van der Waals surface area (Å²) < 4.78 is 28.5. The van der Waals surface area contributed by atoms with Crippen LogP contribution in [-0.4, -0.2) is 30.2 Å². The average Bonchev–Trinajstić information content (AvgIpc) is 3.21. The summed E-state index contributed by atoms with van der Waals surface area (Å²) in [5.74, 6) is -0.396. The Balaban J connectivity index is 1.33. The molecule has 6 nitrogen and oxygen atoms in total. The molecule has 3 aromatic carbocycles. The minimum Gasteiger partial charge on any atom is -0.298 e. The van der Waals surface area contributed by atoms with Crippen LogP contribution in [0.4, 0.5) is 5.13 Å². The number of fused-ring (bicyclic) bond motifs is 2. The Kier molecular flexibility index (Phi) is 5.88. The van der Waals surface area contributed by atoms with E-state index in [1.165, 1.54) is 45.5 Å². The maximum atomic E-state index is 13.1. The van der Waals surface area contributed by atoms with Gasteiger partial charge in [0.15, 0.2) is 5.13 Å². The molecular formula is C23H17Cl2N3O3S2. The van der Waals surface area contributed by atoms with Gasteiger partial charge < -0.3 is 0 Å². The number of anilines is 1. The molecule has 10 heteroatoms. The molecule has 5 rings (SSSR count). The molecule has 0 atom stereocenters. The van der Waals surface area contributed by atoms with Crippen molar-refractivity contribution >= 4 is 65.8 Å². The van der Waals surface area contributed by atoms with Crippen molar-refractivity contribution in [3.8, 4) is 0 Å². The van der Waals surface area contributed by atoms with Gasteiger partial charge in [0.1, 0.15) is 5.52 Å². The fourth-order valence-electron chi connectivity index (χ4n) is 3.78. The van der Waals surface area contributed by atoms with Crippen molar-refractivity contribution in [3.05, 3.63) is 87.4 Å². The van der Waals surface area contributed by atoms with Crippen LogP contribution in [0.15, 0.2) is 65.6 Å². The van der Waals surface area contributed by atoms with Crippen LogP contribution in [0, 0.1) is 0 Å². The molecule has 1 N–H and O–H groups in total. The van der Waals surface area contributed by atoms with E-state index >= 15 is 0 Å². The lowest BCUT2D eigenvalue weighted by Gasteiger charge is -2.28. The smallest absolute Gasteiger partial charge is 0.257 e. The van der Waals surface area contributed by atoms with Gasteiger partial charge in [-0.25, -0.2) is 13.4 Å². The van der Waals surface area contributed by atoms with Gasteiger partial charge in [0.25, 0.3) is 5.91 Å². The second kappa shape index (κ2) is 8.70. The maximum Gasteiger partial charge on any atom is 0.257 e. The van der Waals surface area contributed by atoms with Gasteiger partial charge in [0.05, 0.1) is 14.6 Å². The number of thiazole rings is 1. The zero-order valence-corrected chi connectivity index (χ0v) is 20.2. The standard InChI is InChI=1S/C23H17Cl2N3O3S2/c24-17-11-19(25)21-20(12-17)32-23(26-21)27-22(29)15-5-7-18(8-6-15)33(30,31)28-10-9-14-3-1-2-4-16(14)13-28/h1-8,11-12H,9-10,13H2,(H,26,27,29). The van der Waals surface area contributed by atoms with E-state index in [4.69, 9.17) is 23.2 Å². The van der Waals surface area contributed by atoms with Crippen LogP contribution in [0.5, 0.6) is 0 Å². The highest BCUT2D eigenvalue weighted by Crippen LogP contribution is 2.34. The van der Waals surface area contributed by atoms with Gasteiger partial charge in [-0.2, -0.15) is 4.31 Å². The minimum atomic E-state index is -3.67. The Morgan fingerprint density at radius 3 is 2.52 bits per heavy atom. The second-order valence-corrected chi connectivity index (χ2v) is 11.4. The van der Waals surface area contributed by atoms with E-state index in [0.29, 0.717) is 45.8 Å². The van der Waals surface area contributed by atoms with Crippen LogP contribution in [0.3, 0.4) is 0 Å². The third-order valence-corrected chi connectivity index (χ3v) is 8.77. The molecule has 0 bridgehead atoms. The maximum absolute atomic E-state index is 13.1. The third kappa shape index (κ3) is 4.37. The number of carbonyl (C=O) groups is 1. The molecule has 0 radical (unpaired) electrons. The molecule has 0 spiro atoms. The van der Waals surface area contributed by atoms with E-state index in [2.05, 4.69) is 10.3 Å². The lowest BCUT2D eigenvalue weighted by molar-refractivity contribution is 0.102. The van der Waals surface area contributed by atoms with Gasteiger partial charge in [-0.15, -0.1) is 0 Å². The molecule has 0 unspecified atom stereocenters. The Bertz CT molecular complexity index is 1480. The van der Waals surface area contributed by atoms with Crippen molar-refractivity contribution in [2.45, 2.75) is 17.9 Å². The summed E-state index contributed by atoms with van der Waals surface area (Å²) in [6, 6.07) is 17.1. The lowest BCUT2D eigenvalue weighted by atomic mass is 10.0. The molecule has 1 amide bonds. The second-order valence-electron chi connectivity index (χ2n) is 7.59. The summed E-state index contributed by atoms with van der Waals surface area (Å²) in [5.41, 5.74) is 3.07. The van der Waals surface area contributed by atoms with Crippen molar-refractivity contribution in [1.29, 1.82) is 0 Å². The molecule has 168 valence electrons. The van der Waals surface area contributed by atoms with E-state index in [1.807, 2.05) is 24.3 Å². The number of hydrogen-bond acceptors (Lipinski definition) is 5. The fraction of sp³-hybridized carbons (Fsp3) is 0.130. The molecule has 1 aliphatic rings. The Hall–Kier alpha value is -2.49. The molecule has 0 aliphatic carbocycles. The van der Waals surface area contributed by atoms with E-state index < -0.39 is 15.9 Å². The minimum absolute atomic E-state index is 0.153. The van der Waals surface area contributed by atoms with E-state index in [-0.39, 0.29) is 4.90 Å². The first-order valence-corrected chi connectivity index (χ1v) is 13.1. The summed E-state index contributed by atoms with van der Waals surface area (Å²) in [5, 5.41) is 4.01. The monoisotopic (exact) mass is 517 g/mol. The number of nitrogens with zero attached hydrogens (tertiary/aromatic N) is 2. The van der Waals surface area contributed by atoms with Gasteiger partial charge in [-0.1, -0.05) is 58.8 Å². The number of nitrogens with one attached hydrogen (secondary N) is 1. The predicted molar refractivity (Wildman–Crippen MR) is 132 cm³/mol. The molecule has 33 heavy (non-hydrogen) atoms. The zero-order valence-electron chi connectivity index (χ0n) is 17.1. The van der Waals surface area contributed by atoms with Crippen molar-refractivity contribution in [2.24, 2.45) is 0 Å². The summed E-state index contributed by atoms with van der Waals surface area (Å²) in [6.07, 6.45) is 0.674. The first kappa shape index (κ1) is 22.3. The highest BCUT2D eigenvalue weighted by atomic mass is 35.5. The topological polar surface area (TPSA) is 79.4 Å². The molecule has 4 aromatic rings. The highest BCUT2D eigenvalue weighted by molar-refractivity contribution is 7.89. The van der Waals surface area contributed by atoms with Crippen LogP contribution in [-0.2, 0) is 23.0 Å². The Morgan fingerprint density at radius 1 is 1.03 bits per heavy atom. The number of amides is 1. The van der Waals surface area contributed by atoms with E-state index in [1.54, 1.807) is 12.1 Å². The number of aromatic nitrogens is 1. The van der Waals surface area contributed by atoms with Crippen LogP contribution < -0.4 is 5.32 Å². The van der Waals surface area contributed by atoms with E-state index in [9.17, 15) is 13.2 Å². The van der Waals surface area contributed by atoms with Crippen molar-refractivity contribution in [3.63, 3.8) is 0 Å². The number of halogens is 2. The molecule has 0 fully saturated rings. The van der Waals surface area contributed by atoms with Crippen LogP contribution in [0.2, 0.25) is 10.0 Å². The van der Waals surface area contributed by atoms with Gasteiger partial charge in [0.2, 0.25) is 10.0 Å². The SMILES string of the molecule is O=C(Nc1nc2c(Cl)cc(Cl)cc2s1)c1ccc(S(=O)(=O)N2CCc3ccccc3C2)cc1. The highest BCUT2D eigenvalue weighted by Gasteiger charge is 2.28. The normalized spacial score (nSPS) is 14.2. The number of benzene rings is 3. The molecule has 1 aliphatic heterocycles. The number of sulfonamides is 1. The van der Waals surface area contributed by atoms with Gasteiger partial charge in [-0.3, -0.25) is 10.1 Å². The predicted octanol–water partition coefficient (Wildman–Crippen LogP) is 5.60. The average molecular weight is 518 g/mol. The van der Waals surface area contributed by atoms with Crippen molar-refractivity contribution in [1.82, 2.24) is 9.29 Å². The molecule has 1 aromatic heterocycles. The molecule has 0 saturated carbocycles. The van der Waals surface area contributed by atoms with Crippen molar-refractivity contribution in [2.75, 3.05) is 11.9 Å². The van der Waals surface area contributed by atoms with Gasteiger partial charge in [-0.05, 0) is 53.9 Å². The molecular weight excluding hydrogens is 501 g/mol. The Morgan fingerprint density at radius 2 is 1.76 bits per heavy atom. The fourth-order valence-corrected chi connectivity index (χ4v) is 6.78. The summed E-state index contributed by atoms with van der Waals surface area (Å²) >= 11 is 13.4. The summed E-state index contributed by atoms with van der Waals surface area (Å²) in [4.78, 5) is 17.2. The molecule has 2 heterocycles. The third-order valence-electron chi connectivity index (χ3n) is 5.48.